The number of nitrogens with zero attached hydrogens (tertiary/aromatic N) is 1. The Balaban J connectivity index is 2.28. The molecule has 1 fully saturated rings. The van der Waals surface area contributed by atoms with Gasteiger partial charge in [0.25, 0.3) is 0 Å². The van der Waals surface area contributed by atoms with Crippen LogP contribution >= 0.6 is 11.8 Å². The Morgan fingerprint density at radius 2 is 2.27 bits per heavy atom. The Kier molecular flexibility index (Phi) is 3.63. The summed E-state index contributed by atoms with van der Waals surface area (Å²) in [5.74, 6) is 0.633. The molecule has 0 aromatic carbocycles. The van der Waals surface area contributed by atoms with E-state index < -0.39 is 0 Å². The Morgan fingerprint density at radius 1 is 1.55 bits per heavy atom. The zero-order valence-corrected chi connectivity index (χ0v) is 7.97. The SMILES string of the molecule is COC[C@@H]1CC[C@@H](C)N(Cl)C1. The van der Waals surface area contributed by atoms with Crippen molar-refractivity contribution in [2.24, 2.45) is 5.92 Å². The average molecular weight is 178 g/mol. The van der Waals surface area contributed by atoms with Gasteiger partial charge in [0.15, 0.2) is 0 Å². The molecule has 66 valence electrons. The Bertz CT molecular complexity index is 121. The fraction of sp³-hybridized carbons (Fsp3) is 1.00. The van der Waals surface area contributed by atoms with Crippen LogP contribution in [0, 0.1) is 5.92 Å². The molecule has 2 nitrogen and oxygen atoms in total. The summed E-state index contributed by atoms with van der Waals surface area (Å²) in [4.78, 5) is 0. The highest BCUT2D eigenvalue weighted by Crippen LogP contribution is 2.23. The lowest BCUT2D eigenvalue weighted by molar-refractivity contribution is 0.104. The molecular weight excluding hydrogens is 162 g/mol. The molecule has 0 radical (unpaired) electrons. The molecule has 1 aliphatic rings. The van der Waals surface area contributed by atoms with Gasteiger partial charge in [0.2, 0.25) is 0 Å². The highest BCUT2D eigenvalue weighted by atomic mass is 35.5. The molecule has 0 aromatic heterocycles. The van der Waals surface area contributed by atoms with E-state index in [0.717, 1.165) is 13.2 Å². The van der Waals surface area contributed by atoms with Gasteiger partial charge in [0.1, 0.15) is 0 Å². The highest BCUT2D eigenvalue weighted by Gasteiger charge is 2.23. The first kappa shape index (κ1) is 9.30. The van der Waals surface area contributed by atoms with E-state index in [2.05, 4.69) is 6.92 Å². The van der Waals surface area contributed by atoms with Gasteiger partial charge in [-0.25, -0.2) is 4.42 Å². The maximum absolute atomic E-state index is 5.98. The smallest absolute Gasteiger partial charge is 0.0503 e. The predicted molar refractivity (Wildman–Crippen MR) is 46.6 cm³/mol. The van der Waals surface area contributed by atoms with Crippen molar-refractivity contribution in [2.45, 2.75) is 25.8 Å². The van der Waals surface area contributed by atoms with Gasteiger partial charge in [-0.3, -0.25) is 0 Å². The van der Waals surface area contributed by atoms with Crippen molar-refractivity contribution in [3.63, 3.8) is 0 Å². The molecule has 3 heteroatoms. The second-order valence-corrected chi connectivity index (χ2v) is 3.76. The summed E-state index contributed by atoms with van der Waals surface area (Å²) >= 11 is 5.98. The molecule has 2 atom stereocenters. The van der Waals surface area contributed by atoms with Gasteiger partial charge in [-0.1, -0.05) is 0 Å². The molecule has 0 bridgehead atoms. The van der Waals surface area contributed by atoms with Crippen LogP contribution in [0.15, 0.2) is 0 Å². The monoisotopic (exact) mass is 177 g/mol. The maximum atomic E-state index is 5.98. The lowest BCUT2D eigenvalue weighted by Gasteiger charge is -2.32. The Labute approximate surface area is 73.6 Å². The van der Waals surface area contributed by atoms with Crippen LogP contribution in [0.4, 0.5) is 0 Å². The number of ether oxygens (including phenoxy) is 1. The molecule has 0 N–H and O–H groups in total. The molecule has 0 spiro atoms. The second kappa shape index (κ2) is 4.29. The van der Waals surface area contributed by atoms with Gasteiger partial charge in [0.05, 0.1) is 6.61 Å². The standard InChI is InChI=1S/C8H16ClNO/c1-7-3-4-8(6-11-2)5-10(7)9/h7-8H,3-6H2,1-2H3/t7-,8-/m1/s1. The zero-order chi connectivity index (χ0) is 8.27. The Hall–Kier alpha value is 0.210. The minimum absolute atomic E-state index is 0.532. The van der Waals surface area contributed by atoms with Crippen molar-refractivity contribution in [1.29, 1.82) is 0 Å². The van der Waals surface area contributed by atoms with E-state index in [9.17, 15) is 0 Å². The normalized spacial score (nSPS) is 34.1. The molecule has 1 heterocycles. The van der Waals surface area contributed by atoms with E-state index in [1.807, 2.05) is 4.42 Å². The van der Waals surface area contributed by atoms with Crippen molar-refractivity contribution in [2.75, 3.05) is 20.3 Å². The van der Waals surface area contributed by atoms with Crippen molar-refractivity contribution in [3.05, 3.63) is 0 Å². The van der Waals surface area contributed by atoms with Gasteiger partial charge in [-0.2, -0.15) is 0 Å². The van der Waals surface area contributed by atoms with E-state index in [4.69, 9.17) is 16.5 Å². The third kappa shape index (κ3) is 2.62. The molecule has 1 saturated heterocycles. The highest BCUT2D eigenvalue weighted by molar-refractivity contribution is 6.13. The average Bonchev–Trinajstić information content (AvgIpc) is 1.98. The van der Waals surface area contributed by atoms with Crippen molar-refractivity contribution in [1.82, 2.24) is 4.42 Å². The molecule has 0 aliphatic carbocycles. The minimum atomic E-state index is 0.532. The van der Waals surface area contributed by atoms with E-state index in [-0.39, 0.29) is 0 Å². The molecule has 0 saturated carbocycles. The molecule has 0 aromatic rings. The van der Waals surface area contributed by atoms with E-state index in [1.54, 1.807) is 7.11 Å². The van der Waals surface area contributed by atoms with Crippen LogP contribution in [0.25, 0.3) is 0 Å². The second-order valence-electron chi connectivity index (χ2n) is 3.33. The van der Waals surface area contributed by atoms with Crippen LogP contribution < -0.4 is 0 Å². The molecule has 0 amide bonds. The molecule has 1 rings (SSSR count). The lowest BCUT2D eigenvalue weighted by Crippen LogP contribution is -2.36. The summed E-state index contributed by atoms with van der Waals surface area (Å²) in [6.45, 7) is 3.97. The third-order valence-electron chi connectivity index (χ3n) is 2.31. The first-order chi connectivity index (χ1) is 5.24. The van der Waals surface area contributed by atoms with E-state index in [0.29, 0.717) is 12.0 Å². The summed E-state index contributed by atoms with van der Waals surface area (Å²) in [5, 5.41) is 0. The molecule has 1 aliphatic heterocycles. The first-order valence-corrected chi connectivity index (χ1v) is 4.49. The van der Waals surface area contributed by atoms with Crippen LogP contribution in [0.2, 0.25) is 0 Å². The van der Waals surface area contributed by atoms with Gasteiger partial charge in [-0.15, -0.1) is 0 Å². The number of methoxy groups -OCH3 is 1. The van der Waals surface area contributed by atoms with Crippen molar-refractivity contribution < 1.29 is 4.74 Å². The zero-order valence-electron chi connectivity index (χ0n) is 7.22. The van der Waals surface area contributed by atoms with Crippen LogP contribution in [-0.4, -0.2) is 30.7 Å². The summed E-state index contributed by atoms with van der Waals surface area (Å²) in [6, 6.07) is 0.532. The largest absolute Gasteiger partial charge is 0.384 e. The fourth-order valence-corrected chi connectivity index (χ4v) is 1.80. The molecular formula is C8H16ClNO. The number of piperidine rings is 1. The summed E-state index contributed by atoms with van der Waals surface area (Å²) < 4.78 is 6.98. The van der Waals surface area contributed by atoms with Crippen LogP contribution in [0.5, 0.6) is 0 Å². The van der Waals surface area contributed by atoms with Gasteiger partial charge >= 0.3 is 0 Å². The number of hydrogen-bond donors (Lipinski definition) is 0. The van der Waals surface area contributed by atoms with Gasteiger partial charge < -0.3 is 4.74 Å². The number of rotatable bonds is 2. The van der Waals surface area contributed by atoms with Crippen molar-refractivity contribution in [3.8, 4) is 0 Å². The molecule has 0 unspecified atom stereocenters. The van der Waals surface area contributed by atoms with Crippen LogP contribution in [-0.2, 0) is 4.74 Å². The molecule has 11 heavy (non-hydrogen) atoms. The summed E-state index contributed by atoms with van der Waals surface area (Å²) in [6.07, 6.45) is 2.44. The predicted octanol–water partition coefficient (Wildman–Crippen LogP) is 1.89. The minimum Gasteiger partial charge on any atom is -0.384 e. The topological polar surface area (TPSA) is 12.5 Å². The maximum Gasteiger partial charge on any atom is 0.0503 e. The van der Waals surface area contributed by atoms with Crippen molar-refractivity contribution >= 4 is 11.8 Å². The van der Waals surface area contributed by atoms with Crippen LogP contribution in [0.3, 0.4) is 0 Å². The number of halogens is 1. The Morgan fingerprint density at radius 3 is 2.82 bits per heavy atom. The van der Waals surface area contributed by atoms with Crippen LogP contribution in [0.1, 0.15) is 19.8 Å². The lowest BCUT2D eigenvalue weighted by atomic mass is 9.96. The summed E-state index contributed by atoms with van der Waals surface area (Å²) in [7, 11) is 1.75. The van der Waals surface area contributed by atoms with E-state index >= 15 is 0 Å². The first-order valence-electron chi connectivity index (χ1n) is 4.15. The quantitative estimate of drug-likeness (QED) is 0.598. The third-order valence-corrected chi connectivity index (χ3v) is 2.78. The van der Waals surface area contributed by atoms with E-state index in [1.165, 1.54) is 12.8 Å². The fourth-order valence-electron chi connectivity index (χ4n) is 1.51. The van der Waals surface area contributed by atoms with Gasteiger partial charge in [-0.05, 0) is 37.5 Å². The summed E-state index contributed by atoms with van der Waals surface area (Å²) in [5.41, 5.74) is 0. The number of hydrogen-bond acceptors (Lipinski definition) is 2. The van der Waals surface area contributed by atoms with Gasteiger partial charge in [0, 0.05) is 19.7 Å².